The van der Waals surface area contributed by atoms with Crippen molar-refractivity contribution < 1.29 is 14.3 Å². The lowest BCUT2D eigenvalue weighted by atomic mass is 10.1. The summed E-state index contributed by atoms with van der Waals surface area (Å²) in [5.41, 5.74) is 2.82. The summed E-state index contributed by atoms with van der Waals surface area (Å²) in [4.78, 5) is 16.6. The van der Waals surface area contributed by atoms with E-state index in [1.165, 1.54) is 0 Å². The lowest BCUT2D eigenvalue weighted by Gasteiger charge is -2.06. The van der Waals surface area contributed by atoms with Crippen molar-refractivity contribution in [1.82, 2.24) is 15.2 Å². The highest BCUT2D eigenvalue weighted by molar-refractivity contribution is 6.11. The number of aryl methyl sites for hydroxylation is 1. The first-order chi connectivity index (χ1) is 11.7. The molecule has 124 valence electrons. The van der Waals surface area contributed by atoms with Crippen molar-refractivity contribution in [2.75, 3.05) is 25.6 Å². The van der Waals surface area contributed by atoms with E-state index in [0.717, 1.165) is 16.5 Å². The number of H-pyrrole nitrogens is 1. The normalized spacial score (nSPS) is 10.8. The Kier molecular flexibility index (Phi) is 4.72. The van der Waals surface area contributed by atoms with E-state index < -0.39 is 0 Å². The van der Waals surface area contributed by atoms with E-state index in [2.05, 4.69) is 20.5 Å². The molecule has 0 atom stereocenters. The number of pyridine rings is 1. The van der Waals surface area contributed by atoms with Gasteiger partial charge in [0.25, 0.3) is 5.91 Å². The zero-order chi connectivity index (χ0) is 16.9. The number of amides is 1. The van der Waals surface area contributed by atoms with Gasteiger partial charge in [0.05, 0.1) is 24.0 Å². The molecule has 3 rings (SSSR count). The number of carbonyl (C=O) groups is 1. The minimum absolute atomic E-state index is 0.290. The van der Waals surface area contributed by atoms with Crippen LogP contribution in [0.15, 0.2) is 36.5 Å². The number of fused-ring (bicyclic) bond motifs is 1. The predicted octanol–water partition coefficient (Wildman–Crippen LogP) is 2.54. The van der Waals surface area contributed by atoms with Crippen LogP contribution in [0, 0.1) is 6.92 Å². The van der Waals surface area contributed by atoms with Crippen LogP contribution in [0.1, 0.15) is 16.1 Å². The standard InChI is InChI=1S/C17H18N4O3/c1-11-3-5-14-13(9-11)16(21-20-14)17(22)19-12-4-6-15(18-10-12)24-8-7-23-2/h3-6,9-10H,7-8H2,1-2H3,(H,19,22)(H,20,21). The summed E-state index contributed by atoms with van der Waals surface area (Å²) < 4.78 is 10.3. The number of hydrogen-bond acceptors (Lipinski definition) is 5. The first kappa shape index (κ1) is 15.9. The third-order valence-corrected chi connectivity index (χ3v) is 3.47. The average Bonchev–Trinajstić information content (AvgIpc) is 3.00. The van der Waals surface area contributed by atoms with Gasteiger partial charge in [0, 0.05) is 18.6 Å². The Labute approximate surface area is 139 Å². The maximum atomic E-state index is 12.4. The molecule has 0 saturated heterocycles. The van der Waals surface area contributed by atoms with E-state index in [9.17, 15) is 4.79 Å². The topological polar surface area (TPSA) is 89.1 Å². The van der Waals surface area contributed by atoms with Gasteiger partial charge in [0.15, 0.2) is 5.69 Å². The lowest BCUT2D eigenvalue weighted by Crippen LogP contribution is -2.13. The van der Waals surface area contributed by atoms with E-state index >= 15 is 0 Å². The molecule has 0 unspecified atom stereocenters. The Morgan fingerprint density at radius 2 is 2.12 bits per heavy atom. The van der Waals surface area contributed by atoms with Gasteiger partial charge in [-0.15, -0.1) is 0 Å². The predicted molar refractivity (Wildman–Crippen MR) is 90.4 cm³/mol. The smallest absolute Gasteiger partial charge is 0.276 e. The molecule has 7 heteroatoms. The number of rotatable bonds is 6. The highest BCUT2D eigenvalue weighted by Crippen LogP contribution is 2.19. The fourth-order valence-electron chi connectivity index (χ4n) is 2.26. The van der Waals surface area contributed by atoms with Gasteiger partial charge in [0.1, 0.15) is 6.61 Å². The van der Waals surface area contributed by atoms with Crippen LogP contribution in [-0.4, -0.2) is 41.4 Å². The fourth-order valence-corrected chi connectivity index (χ4v) is 2.26. The molecule has 3 aromatic rings. The summed E-state index contributed by atoms with van der Waals surface area (Å²) in [7, 11) is 1.61. The third-order valence-electron chi connectivity index (χ3n) is 3.47. The van der Waals surface area contributed by atoms with Gasteiger partial charge in [0.2, 0.25) is 5.88 Å². The molecule has 0 fully saturated rings. The maximum absolute atomic E-state index is 12.4. The number of aromatic amines is 1. The SMILES string of the molecule is COCCOc1ccc(NC(=O)c2n[nH]c3ccc(C)cc23)cn1. The molecule has 0 aliphatic rings. The second kappa shape index (κ2) is 7.10. The van der Waals surface area contributed by atoms with Gasteiger partial charge in [-0.3, -0.25) is 9.89 Å². The van der Waals surface area contributed by atoms with Gasteiger partial charge in [-0.05, 0) is 25.1 Å². The monoisotopic (exact) mass is 326 g/mol. The van der Waals surface area contributed by atoms with Crippen molar-refractivity contribution in [2.45, 2.75) is 6.92 Å². The summed E-state index contributed by atoms with van der Waals surface area (Å²) >= 11 is 0. The molecular weight excluding hydrogens is 308 g/mol. The number of ether oxygens (including phenoxy) is 2. The number of benzene rings is 1. The Morgan fingerprint density at radius 3 is 2.88 bits per heavy atom. The molecule has 0 aliphatic carbocycles. The van der Waals surface area contributed by atoms with Crippen LogP contribution in [0.25, 0.3) is 10.9 Å². The molecule has 0 aliphatic heterocycles. The summed E-state index contributed by atoms with van der Waals surface area (Å²) in [5, 5.41) is 10.5. The quantitative estimate of drug-likeness (QED) is 0.680. The second-order valence-electron chi connectivity index (χ2n) is 5.30. The van der Waals surface area contributed by atoms with Crippen LogP contribution in [0.2, 0.25) is 0 Å². The van der Waals surface area contributed by atoms with E-state index in [0.29, 0.717) is 30.5 Å². The number of hydrogen-bond donors (Lipinski definition) is 2. The number of nitrogens with zero attached hydrogens (tertiary/aromatic N) is 2. The van der Waals surface area contributed by atoms with Crippen molar-refractivity contribution in [3.05, 3.63) is 47.8 Å². The summed E-state index contributed by atoms with van der Waals surface area (Å²) in [5.74, 6) is 0.188. The number of methoxy groups -OCH3 is 1. The van der Waals surface area contributed by atoms with Gasteiger partial charge >= 0.3 is 0 Å². The number of carbonyl (C=O) groups excluding carboxylic acids is 1. The van der Waals surface area contributed by atoms with Gasteiger partial charge in [-0.25, -0.2) is 4.98 Å². The van der Waals surface area contributed by atoms with E-state index in [-0.39, 0.29) is 5.91 Å². The molecule has 2 heterocycles. The Bertz CT molecular complexity index is 843. The summed E-state index contributed by atoms with van der Waals surface area (Å²) in [6.45, 7) is 2.89. The van der Waals surface area contributed by atoms with Crippen LogP contribution >= 0.6 is 0 Å². The molecular formula is C17H18N4O3. The second-order valence-corrected chi connectivity index (χ2v) is 5.30. The number of aromatic nitrogens is 3. The zero-order valence-electron chi connectivity index (χ0n) is 13.5. The van der Waals surface area contributed by atoms with Crippen molar-refractivity contribution in [2.24, 2.45) is 0 Å². The van der Waals surface area contributed by atoms with Crippen LogP contribution in [0.3, 0.4) is 0 Å². The summed E-state index contributed by atoms with van der Waals surface area (Å²) in [6, 6.07) is 9.22. The molecule has 0 spiro atoms. The minimum atomic E-state index is -0.290. The Hall–Kier alpha value is -2.93. The molecule has 1 aromatic carbocycles. The van der Waals surface area contributed by atoms with E-state index in [4.69, 9.17) is 9.47 Å². The molecule has 7 nitrogen and oxygen atoms in total. The number of anilines is 1. The molecule has 0 radical (unpaired) electrons. The highest BCUT2D eigenvalue weighted by atomic mass is 16.5. The van der Waals surface area contributed by atoms with Crippen LogP contribution < -0.4 is 10.1 Å². The third kappa shape index (κ3) is 3.52. The summed E-state index contributed by atoms with van der Waals surface area (Å²) in [6.07, 6.45) is 1.54. The first-order valence-electron chi connectivity index (χ1n) is 7.51. The largest absolute Gasteiger partial charge is 0.475 e. The maximum Gasteiger partial charge on any atom is 0.276 e. The van der Waals surface area contributed by atoms with Crippen LogP contribution in [0.5, 0.6) is 5.88 Å². The molecule has 2 N–H and O–H groups in total. The fraction of sp³-hybridized carbons (Fsp3) is 0.235. The highest BCUT2D eigenvalue weighted by Gasteiger charge is 2.14. The first-order valence-corrected chi connectivity index (χ1v) is 7.51. The van der Waals surface area contributed by atoms with Crippen molar-refractivity contribution in [1.29, 1.82) is 0 Å². The van der Waals surface area contributed by atoms with Gasteiger partial charge in [-0.1, -0.05) is 11.6 Å². The van der Waals surface area contributed by atoms with Crippen molar-refractivity contribution >= 4 is 22.5 Å². The molecule has 0 bridgehead atoms. The van der Waals surface area contributed by atoms with E-state index in [1.54, 1.807) is 25.4 Å². The van der Waals surface area contributed by atoms with Crippen molar-refractivity contribution in [3.8, 4) is 5.88 Å². The minimum Gasteiger partial charge on any atom is -0.475 e. The number of nitrogens with one attached hydrogen (secondary N) is 2. The van der Waals surface area contributed by atoms with Crippen LogP contribution in [0.4, 0.5) is 5.69 Å². The Balaban J connectivity index is 1.70. The lowest BCUT2D eigenvalue weighted by molar-refractivity contribution is 0.102. The molecule has 24 heavy (non-hydrogen) atoms. The Morgan fingerprint density at radius 1 is 1.25 bits per heavy atom. The molecule has 2 aromatic heterocycles. The average molecular weight is 326 g/mol. The zero-order valence-corrected chi connectivity index (χ0v) is 13.5. The van der Waals surface area contributed by atoms with Gasteiger partial charge in [-0.2, -0.15) is 5.10 Å². The van der Waals surface area contributed by atoms with Crippen LogP contribution in [-0.2, 0) is 4.74 Å². The van der Waals surface area contributed by atoms with E-state index in [1.807, 2.05) is 25.1 Å². The molecule has 1 amide bonds. The van der Waals surface area contributed by atoms with Gasteiger partial charge < -0.3 is 14.8 Å². The van der Waals surface area contributed by atoms with Crippen molar-refractivity contribution in [3.63, 3.8) is 0 Å². The molecule has 0 saturated carbocycles.